The maximum atomic E-state index is 14.9. The number of nitrogens with one attached hydrogen (secondary N) is 1. The number of thiol groups is 1. The molecule has 0 aliphatic carbocycles. The molecule has 148 valence electrons. The molecule has 0 saturated heterocycles. The van der Waals surface area contributed by atoms with Gasteiger partial charge in [0.25, 0.3) is 0 Å². The van der Waals surface area contributed by atoms with Gasteiger partial charge in [-0.2, -0.15) is 5.26 Å². The maximum Gasteiger partial charge on any atom is 0.165 e. The molecule has 9 heteroatoms. The van der Waals surface area contributed by atoms with E-state index in [9.17, 15) is 8.78 Å². The van der Waals surface area contributed by atoms with Gasteiger partial charge in [0, 0.05) is 39.6 Å². The number of nitrogen functional groups attached to an aromatic ring is 2. The molecule has 0 bridgehead atoms. The molecule has 0 aliphatic rings. The van der Waals surface area contributed by atoms with Crippen LogP contribution in [0, 0.1) is 40.2 Å². The van der Waals surface area contributed by atoms with Crippen molar-refractivity contribution >= 4 is 41.9 Å². The van der Waals surface area contributed by atoms with Gasteiger partial charge in [-0.15, -0.1) is 12.6 Å². The number of pyridine rings is 1. The summed E-state index contributed by atoms with van der Waals surface area (Å²) in [7, 11) is 0. The lowest BCUT2D eigenvalue weighted by Gasteiger charge is -2.14. The Morgan fingerprint density at radius 3 is 2.60 bits per heavy atom. The zero-order valence-electron chi connectivity index (χ0n) is 15.1. The van der Waals surface area contributed by atoms with Crippen LogP contribution >= 0.6 is 24.2 Å². The fraction of sp³-hybridized carbons (Fsp3) is 0. The predicted octanol–water partition coefficient (Wildman–Crippen LogP) is 4.40. The highest BCUT2D eigenvalue weighted by Crippen LogP contribution is 2.40. The van der Waals surface area contributed by atoms with Crippen LogP contribution in [0.3, 0.4) is 0 Å². The molecule has 1 heterocycles. The highest BCUT2D eigenvalue weighted by atomic mass is 35.5. The molecule has 0 aliphatic heterocycles. The van der Waals surface area contributed by atoms with E-state index in [2.05, 4.69) is 29.5 Å². The van der Waals surface area contributed by atoms with Gasteiger partial charge in [0.15, 0.2) is 5.82 Å². The lowest BCUT2D eigenvalue weighted by atomic mass is 9.98. The third-order valence-corrected chi connectivity index (χ3v) is 4.97. The molecular weight excluding hydrogens is 428 g/mol. The molecule has 2 aromatic carbocycles. The number of hydrogen-bond acceptors (Lipinski definition) is 6. The summed E-state index contributed by atoms with van der Waals surface area (Å²) in [5, 5.41) is 16.4. The number of benzene rings is 2. The first-order chi connectivity index (χ1) is 14.3. The minimum atomic E-state index is -1.07. The van der Waals surface area contributed by atoms with Crippen LogP contribution in [0.15, 0.2) is 35.4 Å². The van der Waals surface area contributed by atoms with Crippen molar-refractivity contribution in [2.24, 2.45) is 0 Å². The van der Waals surface area contributed by atoms with E-state index >= 15 is 0 Å². The highest BCUT2D eigenvalue weighted by molar-refractivity contribution is 7.80. The smallest absolute Gasteiger partial charge is 0.165 e. The van der Waals surface area contributed by atoms with E-state index < -0.39 is 17.2 Å². The van der Waals surface area contributed by atoms with Crippen LogP contribution in [-0.4, -0.2) is 11.2 Å². The molecule has 0 atom stereocenters. The van der Waals surface area contributed by atoms with Gasteiger partial charge in [-0.25, -0.2) is 13.8 Å². The number of nitriles is 1. The molecular formula is C21H12ClF2N5S. The van der Waals surface area contributed by atoms with Crippen molar-refractivity contribution in [1.82, 2.24) is 4.98 Å². The Morgan fingerprint density at radius 1 is 1.20 bits per heavy atom. The molecule has 0 spiro atoms. The quantitative estimate of drug-likeness (QED) is 0.205. The van der Waals surface area contributed by atoms with Crippen molar-refractivity contribution < 1.29 is 8.78 Å². The van der Waals surface area contributed by atoms with E-state index in [1.54, 1.807) is 0 Å². The summed E-state index contributed by atoms with van der Waals surface area (Å²) in [5.74, 6) is 3.08. The molecule has 30 heavy (non-hydrogen) atoms. The standard InChI is InChI=1S/C21H12ClF2N5S/c22-18-11(7-25)2-4-16(30)17(18)14-6-15(23)13(19(24)20(14)27)3-1-10-5-12(8-26)21(28)29-9-10/h2,4-6,8-9,26,30H,27H2,(H2,28,29). The van der Waals surface area contributed by atoms with E-state index in [0.29, 0.717) is 16.0 Å². The number of nitrogens with zero attached hydrogens (tertiary/aromatic N) is 2. The molecule has 5 nitrogen and oxygen atoms in total. The first-order valence-electron chi connectivity index (χ1n) is 8.25. The summed E-state index contributed by atoms with van der Waals surface area (Å²) >= 11 is 10.5. The fourth-order valence-corrected chi connectivity index (χ4v) is 3.36. The van der Waals surface area contributed by atoms with Gasteiger partial charge in [0.2, 0.25) is 0 Å². The molecule has 3 rings (SSSR count). The largest absolute Gasteiger partial charge is 0.396 e. The van der Waals surface area contributed by atoms with E-state index in [-0.39, 0.29) is 33.2 Å². The minimum Gasteiger partial charge on any atom is -0.396 e. The Kier molecular flexibility index (Phi) is 5.93. The molecule has 0 amide bonds. The van der Waals surface area contributed by atoms with Crippen LogP contribution < -0.4 is 11.5 Å². The molecule has 0 radical (unpaired) electrons. The number of aromatic nitrogens is 1. The van der Waals surface area contributed by atoms with Crippen molar-refractivity contribution in [2.45, 2.75) is 4.90 Å². The van der Waals surface area contributed by atoms with Crippen molar-refractivity contribution in [3.63, 3.8) is 0 Å². The van der Waals surface area contributed by atoms with Gasteiger partial charge in [0.1, 0.15) is 17.7 Å². The van der Waals surface area contributed by atoms with Crippen molar-refractivity contribution in [1.29, 1.82) is 10.7 Å². The van der Waals surface area contributed by atoms with E-state index in [4.69, 9.17) is 33.7 Å². The Hall–Kier alpha value is -3.59. The SMILES string of the molecule is N#Cc1ccc(S)c(-c2cc(F)c(C#Cc3cnc(N)c(C=N)c3)c(F)c2N)c1Cl. The number of anilines is 2. The second kappa shape index (κ2) is 8.42. The van der Waals surface area contributed by atoms with Gasteiger partial charge in [-0.3, -0.25) is 0 Å². The second-order valence-corrected chi connectivity index (χ2v) is 6.89. The summed E-state index contributed by atoms with van der Waals surface area (Å²) in [6.45, 7) is 0. The minimum absolute atomic E-state index is 0.0125. The topological polar surface area (TPSA) is 113 Å². The second-order valence-electron chi connectivity index (χ2n) is 6.03. The third kappa shape index (κ3) is 3.79. The molecule has 0 saturated carbocycles. The van der Waals surface area contributed by atoms with Crippen LogP contribution in [0.25, 0.3) is 11.1 Å². The summed E-state index contributed by atoms with van der Waals surface area (Å²) in [6.07, 6.45) is 2.32. The third-order valence-electron chi connectivity index (χ3n) is 4.20. The van der Waals surface area contributed by atoms with Crippen molar-refractivity contribution in [2.75, 3.05) is 11.5 Å². The lowest BCUT2D eigenvalue weighted by molar-refractivity contribution is 0.581. The summed E-state index contributed by atoms with van der Waals surface area (Å²) < 4.78 is 29.6. The zero-order chi connectivity index (χ0) is 22.0. The predicted molar refractivity (Wildman–Crippen MR) is 116 cm³/mol. The van der Waals surface area contributed by atoms with E-state index in [1.807, 2.05) is 6.07 Å². The van der Waals surface area contributed by atoms with Crippen LogP contribution in [0.2, 0.25) is 5.02 Å². The van der Waals surface area contributed by atoms with Gasteiger partial charge in [0.05, 0.1) is 21.8 Å². The van der Waals surface area contributed by atoms with E-state index in [1.165, 1.54) is 24.4 Å². The van der Waals surface area contributed by atoms with Crippen LogP contribution in [0.4, 0.5) is 20.3 Å². The highest BCUT2D eigenvalue weighted by Gasteiger charge is 2.21. The molecule has 1 aromatic heterocycles. The normalized spacial score (nSPS) is 10.1. The number of rotatable bonds is 2. The van der Waals surface area contributed by atoms with Crippen LogP contribution in [0.1, 0.15) is 22.3 Å². The Morgan fingerprint density at radius 2 is 1.93 bits per heavy atom. The molecule has 5 N–H and O–H groups in total. The van der Waals surface area contributed by atoms with E-state index in [0.717, 1.165) is 12.3 Å². The first kappa shape index (κ1) is 21.1. The summed E-state index contributed by atoms with van der Waals surface area (Å²) in [6, 6.07) is 7.29. The average molecular weight is 440 g/mol. The molecule has 3 aromatic rings. The van der Waals surface area contributed by atoms with Gasteiger partial charge >= 0.3 is 0 Å². The zero-order valence-corrected chi connectivity index (χ0v) is 16.7. The summed E-state index contributed by atoms with van der Waals surface area (Å²) in [5.41, 5.74) is 11.4. The van der Waals surface area contributed by atoms with Gasteiger partial charge in [-0.1, -0.05) is 23.4 Å². The first-order valence-corrected chi connectivity index (χ1v) is 9.08. The summed E-state index contributed by atoms with van der Waals surface area (Å²) in [4.78, 5) is 4.18. The number of halogens is 3. The van der Waals surface area contributed by atoms with Crippen LogP contribution in [-0.2, 0) is 0 Å². The van der Waals surface area contributed by atoms with Gasteiger partial charge in [-0.05, 0) is 24.3 Å². The van der Waals surface area contributed by atoms with Crippen LogP contribution in [0.5, 0.6) is 0 Å². The molecule has 0 unspecified atom stereocenters. The lowest BCUT2D eigenvalue weighted by Crippen LogP contribution is -2.02. The van der Waals surface area contributed by atoms with Crippen molar-refractivity contribution in [3.05, 3.63) is 69.4 Å². The Bertz CT molecular complexity index is 1310. The van der Waals surface area contributed by atoms with Crippen molar-refractivity contribution in [3.8, 4) is 29.0 Å². The Balaban J connectivity index is 2.15. The number of hydrogen-bond donors (Lipinski definition) is 4. The maximum absolute atomic E-state index is 14.9. The molecule has 0 fully saturated rings. The monoisotopic (exact) mass is 439 g/mol. The number of nitrogens with two attached hydrogens (primary N) is 2. The average Bonchev–Trinajstić information content (AvgIpc) is 2.72. The Labute approximate surface area is 181 Å². The fourth-order valence-electron chi connectivity index (χ4n) is 2.68. The van der Waals surface area contributed by atoms with Gasteiger partial charge < -0.3 is 16.9 Å².